The normalized spacial score (nSPS) is 12.5. The second-order valence-electron chi connectivity index (χ2n) is 8.22. The Hall–Kier alpha value is -3.73. The minimum atomic E-state index is -4.69. The summed E-state index contributed by atoms with van der Waals surface area (Å²) in [6, 6.07) is 15.8. The summed E-state index contributed by atoms with van der Waals surface area (Å²) < 4.78 is 74.2. The summed E-state index contributed by atoms with van der Waals surface area (Å²) >= 11 is 0. The van der Waals surface area contributed by atoms with E-state index in [9.17, 15) is 26.4 Å². The van der Waals surface area contributed by atoms with Crippen LogP contribution in [0.15, 0.2) is 77.7 Å². The SMILES string of the molecule is CCC(C)N(Cc1ccc(OS(=O)(=O)c2cccc(C(F)(F)F)c2)cc1)C(=O)Nc1ccccc1OC. The summed E-state index contributed by atoms with van der Waals surface area (Å²) in [5.74, 6) is 0.443. The highest BCUT2D eigenvalue weighted by Crippen LogP contribution is 2.31. The summed E-state index contributed by atoms with van der Waals surface area (Å²) in [6.45, 7) is 4.07. The molecule has 0 aliphatic rings. The summed E-state index contributed by atoms with van der Waals surface area (Å²) in [5, 5.41) is 2.85. The van der Waals surface area contributed by atoms with Gasteiger partial charge in [-0.05, 0) is 61.4 Å². The van der Waals surface area contributed by atoms with Crippen molar-refractivity contribution < 1.29 is 35.3 Å². The molecule has 0 aromatic heterocycles. The van der Waals surface area contributed by atoms with Crippen molar-refractivity contribution in [2.75, 3.05) is 12.4 Å². The molecule has 0 saturated carbocycles. The van der Waals surface area contributed by atoms with E-state index in [0.717, 1.165) is 18.2 Å². The van der Waals surface area contributed by atoms with E-state index < -0.39 is 26.8 Å². The van der Waals surface area contributed by atoms with Crippen LogP contribution in [0.5, 0.6) is 11.5 Å². The first-order valence-electron chi connectivity index (χ1n) is 11.4. The molecular weight excluding hydrogens is 509 g/mol. The maximum absolute atomic E-state index is 13.1. The van der Waals surface area contributed by atoms with Crippen molar-refractivity contribution in [1.82, 2.24) is 4.90 Å². The van der Waals surface area contributed by atoms with E-state index in [-0.39, 0.29) is 24.4 Å². The molecule has 37 heavy (non-hydrogen) atoms. The number of urea groups is 1. The van der Waals surface area contributed by atoms with Crippen LogP contribution in [0.1, 0.15) is 31.4 Å². The van der Waals surface area contributed by atoms with Crippen LogP contribution in [0.3, 0.4) is 0 Å². The molecule has 0 fully saturated rings. The fourth-order valence-corrected chi connectivity index (χ4v) is 4.41. The molecule has 1 atom stereocenters. The molecule has 1 N–H and O–H groups in total. The van der Waals surface area contributed by atoms with Crippen LogP contribution in [0.4, 0.5) is 23.7 Å². The number of methoxy groups -OCH3 is 1. The minimum absolute atomic E-state index is 0.0743. The average molecular weight is 537 g/mol. The van der Waals surface area contributed by atoms with Crippen molar-refractivity contribution in [1.29, 1.82) is 0 Å². The van der Waals surface area contributed by atoms with E-state index in [0.29, 0.717) is 29.5 Å². The lowest BCUT2D eigenvalue weighted by atomic mass is 10.1. The molecule has 7 nitrogen and oxygen atoms in total. The van der Waals surface area contributed by atoms with E-state index in [2.05, 4.69) is 5.32 Å². The Kier molecular flexibility index (Phi) is 8.69. The Morgan fingerprint density at radius 1 is 1.03 bits per heavy atom. The van der Waals surface area contributed by atoms with Gasteiger partial charge in [0.1, 0.15) is 16.4 Å². The number of halogens is 3. The molecule has 3 aromatic carbocycles. The number of benzene rings is 3. The number of hydrogen-bond acceptors (Lipinski definition) is 5. The summed E-state index contributed by atoms with van der Waals surface area (Å²) in [6.07, 6.45) is -4.00. The van der Waals surface area contributed by atoms with Gasteiger partial charge in [-0.25, -0.2) is 4.79 Å². The lowest BCUT2D eigenvalue weighted by Crippen LogP contribution is -2.40. The van der Waals surface area contributed by atoms with Crippen LogP contribution in [0.2, 0.25) is 0 Å². The van der Waals surface area contributed by atoms with Crippen molar-refractivity contribution in [3.63, 3.8) is 0 Å². The highest BCUT2D eigenvalue weighted by atomic mass is 32.2. The van der Waals surface area contributed by atoms with Gasteiger partial charge in [-0.15, -0.1) is 0 Å². The number of anilines is 1. The zero-order chi connectivity index (χ0) is 27.2. The quantitative estimate of drug-likeness (QED) is 0.324. The second kappa shape index (κ2) is 11.5. The van der Waals surface area contributed by atoms with Gasteiger partial charge >= 0.3 is 22.3 Å². The van der Waals surface area contributed by atoms with E-state index in [4.69, 9.17) is 8.92 Å². The van der Waals surface area contributed by atoms with Crippen LogP contribution in [-0.2, 0) is 22.8 Å². The molecule has 0 radical (unpaired) electrons. The fourth-order valence-electron chi connectivity index (χ4n) is 3.43. The molecule has 0 aliphatic heterocycles. The largest absolute Gasteiger partial charge is 0.495 e. The Morgan fingerprint density at radius 2 is 1.70 bits per heavy atom. The predicted octanol–water partition coefficient (Wildman–Crippen LogP) is 6.31. The molecule has 0 aliphatic carbocycles. The Bertz CT molecular complexity index is 1330. The van der Waals surface area contributed by atoms with Gasteiger partial charge in [0.05, 0.1) is 18.4 Å². The Labute approximate surface area is 213 Å². The van der Waals surface area contributed by atoms with E-state index in [1.165, 1.54) is 19.2 Å². The first kappa shape index (κ1) is 27.9. The van der Waals surface area contributed by atoms with E-state index in [1.54, 1.807) is 41.3 Å². The number of alkyl halides is 3. The lowest BCUT2D eigenvalue weighted by Gasteiger charge is -2.29. The van der Waals surface area contributed by atoms with Crippen LogP contribution in [-0.4, -0.2) is 32.5 Å². The second-order valence-corrected chi connectivity index (χ2v) is 9.77. The Balaban J connectivity index is 1.74. The van der Waals surface area contributed by atoms with Gasteiger partial charge < -0.3 is 19.1 Å². The zero-order valence-electron chi connectivity index (χ0n) is 20.5. The molecule has 0 spiro atoms. The van der Waals surface area contributed by atoms with Gasteiger partial charge in [-0.2, -0.15) is 21.6 Å². The third kappa shape index (κ3) is 7.16. The molecule has 0 bridgehead atoms. The number of hydrogen-bond donors (Lipinski definition) is 1. The van der Waals surface area contributed by atoms with E-state index >= 15 is 0 Å². The predicted molar refractivity (Wildman–Crippen MR) is 133 cm³/mol. The van der Waals surface area contributed by atoms with Gasteiger partial charge in [0.15, 0.2) is 0 Å². The molecule has 3 rings (SSSR count). The smallest absolute Gasteiger partial charge is 0.416 e. The standard InChI is InChI=1S/C26H27F3N2O5S/c1-4-18(2)31(25(32)30-23-10-5-6-11-24(23)35-3)17-19-12-14-21(15-13-19)36-37(33,34)22-9-7-8-20(16-22)26(27,28)29/h5-16,18H,4,17H2,1-3H3,(H,30,32). The first-order chi connectivity index (χ1) is 17.4. The molecule has 1 unspecified atom stereocenters. The van der Waals surface area contributed by atoms with E-state index in [1.807, 2.05) is 13.8 Å². The van der Waals surface area contributed by atoms with Crippen LogP contribution in [0, 0.1) is 0 Å². The van der Waals surface area contributed by atoms with Gasteiger partial charge in [-0.3, -0.25) is 0 Å². The van der Waals surface area contributed by atoms with Crippen molar-refractivity contribution in [2.24, 2.45) is 0 Å². The molecule has 0 heterocycles. The lowest BCUT2D eigenvalue weighted by molar-refractivity contribution is -0.137. The number of carbonyl (C=O) groups excluding carboxylic acids is 1. The van der Waals surface area contributed by atoms with Gasteiger partial charge in [0.2, 0.25) is 0 Å². The zero-order valence-corrected chi connectivity index (χ0v) is 21.3. The maximum Gasteiger partial charge on any atom is 0.416 e. The number of para-hydroxylation sites is 2. The van der Waals surface area contributed by atoms with Crippen molar-refractivity contribution in [3.05, 3.63) is 83.9 Å². The van der Waals surface area contributed by atoms with Crippen LogP contribution < -0.4 is 14.2 Å². The highest BCUT2D eigenvalue weighted by Gasteiger charge is 2.32. The number of amides is 2. The van der Waals surface area contributed by atoms with Gasteiger partial charge in [0, 0.05) is 12.6 Å². The summed E-state index contributed by atoms with van der Waals surface area (Å²) in [4.78, 5) is 14.1. The molecule has 198 valence electrons. The number of nitrogens with zero attached hydrogens (tertiary/aromatic N) is 1. The molecular formula is C26H27F3N2O5S. The number of nitrogens with one attached hydrogen (secondary N) is 1. The third-order valence-corrected chi connectivity index (χ3v) is 6.91. The third-order valence-electron chi connectivity index (χ3n) is 5.66. The average Bonchev–Trinajstić information content (AvgIpc) is 2.87. The van der Waals surface area contributed by atoms with Crippen molar-refractivity contribution >= 4 is 21.8 Å². The summed E-state index contributed by atoms with van der Waals surface area (Å²) in [7, 11) is -2.98. The molecule has 2 amide bonds. The van der Waals surface area contributed by atoms with Crippen LogP contribution >= 0.6 is 0 Å². The number of carbonyl (C=O) groups is 1. The highest BCUT2D eigenvalue weighted by molar-refractivity contribution is 7.87. The monoisotopic (exact) mass is 536 g/mol. The number of rotatable bonds is 9. The topological polar surface area (TPSA) is 84.9 Å². The summed E-state index contributed by atoms with van der Waals surface area (Å²) in [5.41, 5.74) is 0.121. The number of ether oxygens (including phenoxy) is 1. The Morgan fingerprint density at radius 3 is 2.32 bits per heavy atom. The van der Waals surface area contributed by atoms with Gasteiger partial charge in [-0.1, -0.05) is 37.3 Å². The maximum atomic E-state index is 13.1. The first-order valence-corrected chi connectivity index (χ1v) is 12.8. The van der Waals surface area contributed by atoms with Crippen LogP contribution in [0.25, 0.3) is 0 Å². The molecule has 11 heteroatoms. The molecule has 0 saturated heterocycles. The van der Waals surface area contributed by atoms with Gasteiger partial charge in [0.25, 0.3) is 0 Å². The van der Waals surface area contributed by atoms with Crippen molar-refractivity contribution in [2.45, 2.75) is 43.9 Å². The molecule has 3 aromatic rings. The van der Waals surface area contributed by atoms with Crippen molar-refractivity contribution in [3.8, 4) is 11.5 Å². The minimum Gasteiger partial charge on any atom is -0.495 e. The fraction of sp³-hybridized carbons (Fsp3) is 0.269.